The SMILES string of the molecule is Cc1c([C@H](CC(=O)O)c2cc(CN3Cc4[nH]c(=O)ccc4CC(C4CC4)C3)c3sccc3c2)cnc2c1nnn2C. The molecule has 2 aliphatic rings. The molecule has 10 heteroatoms. The molecule has 0 bridgehead atoms. The van der Waals surface area contributed by atoms with E-state index >= 15 is 0 Å². The predicted molar refractivity (Wildman–Crippen MR) is 158 cm³/mol. The minimum atomic E-state index is -0.860. The van der Waals surface area contributed by atoms with Crippen molar-refractivity contribution >= 4 is 38.6 Å². The van der Waals surface area contributed by atoms with Crippen LogP contribution in [-0.4, -0.2) is 47.5 Å². The van der Waals surface area contributed by atoms with Crippen LogP contribution in [-0.2, 0) is 31.4 Å². The largest absolute Gasteiger partial charge is 0.481 e. The van der Waals surface area contributed by atoms with Gasteiger partial charge in [-0.1, -0.05) is 17.3 Å². The number of carboxylic acid groups (broad SMARTS) is 1. The van der Waals surface area contributed by atoms with Crippen molar-refractivity contribution in [3.05, 3.63) is 85.8 Å². The number of thiophene rings is 1. The van der Waals surface area contributed by atoms with Crippen LogP contribution >= 0.6 is 11.3 Å². The lowest BCUT2D eigenvalue weighted by Crippen LogP contribution is -2.29. The molecule has 0 saturated heterocycles. The maximum Gasteiger partial charge on any atom is 0.304 e. The molecule has 5 heterocycles. The summed E-state index contributed by atoms with van der Waals surface area (Å²) in [6.45, 7) is 4.37. The maximum absolute atomic E-state index is 12.2. The van der Waals surface area contributed by atoms with Crippen LogP contribution in [0.15, 0.2) is 46.7 Å². The molecule has 0 amide bonds. The Kier molecular flexibility index (Phi) is 6.47. The van der Waals surface area contributed by atoms with Gasteiger partial charge in [-0.3, -0.25) is 14.5 Å². The molecular formula is C31H32N6O3S. The fourth-order valence-corrected chi connectivity index (χ4v) is 7.52. The third-order valence-electron chi connectivity index (χ3n) is 8.86. The Morgan fingerprint density at radius 2 is 2.07 bits per heavy atom. The normalized spacial score (nSPS) is 18.4. The average molecular weight is 569 g/mol. The number of hydrogen-bond donors (Lipinski definition) is 2. The first-order chi connectivity index (χ1) is 19.8. The van der Waals surface area contributed by atoms with E-state index in [-0.39, 0.29) is 17.9 Å². The van der Waals surface area contributed by atoms with Gasteiger partial charge in [-0.25, -0.2) is 9.67 Å². The van der Waals surface area contributed by atoms with E-state index in [4.69, 9.17) is 0 Å². The summed E-state index contributed by atoms with van der Waals surface area (Å²) >= 11 is 1.72. The van der Waals surface area contributed by atoms with Gasteiger partial charge in [0.25, 0.3) is 0 Å². The zero-order valence-corrected chi connectivity index (χ0v) is 23.9. The molecule has 2 atom stereocenters. The highest BCUT2D eigenvalue weighted by molar-refractivity contribution is 7.17. The van der Waals surface area contributed by atoms with E-state index in [1.54, 1.807) is 35.3 Å². The lowest BCUT2D eigenvalue weighted by atomic mass is 9.85. The van der Waals surface area contributed by atoms with E-state index in [1.807, 2.05) is 13.0 Å². The molecule has 210 valence electrons. The first kappa shape index (κ1) is 26.0. The van der Waals surface area contributed by atoms with Crippen LogP contribution < -0.4 is 5.56 Å². The second-order valence-electron chi connectivity index (χ2n) is 11.7. The Labute approximate surface area is 240 Å². The molecule has 1 saturated carbocycles. The fourth-order valence-electron chi connectivity index (χ4n) is 6.63. The number of pyridine rings is 2. The van der Waals surface area contributed by atoms with Gasteiger partial charge in [0.05, 0.1) is 6.42 Å². The van der Waals surface area contributed by atoms with Crippen molar-refractivity contribution in [2.24, 2.45) is 18.9 Å². The quantitative estimate of drug-likeness (QED) is 0.291. The van der Waals surface area contributed by atoms with Gasteiger partial charge in [0.1, 0.15) is 5.52 Å². The van der Waals surface area contributed by atoms with Gasteiger partial charge in [0.2, 0.25) is 5.56 Å². The highest BCUT2D eigenvalue weighted by Gasteiger charge is 2.35. The number of aliphatic carboxylic acids is 1. The van der Waals surface area contributed by atoms with Crippen LogP contribution in [0.1, 0.15) is 58.7 Å². The van der Waals surface area contributed by atoms with Gasteiger partial charge in [0, 0.05) is 55.3 Å². The van der Waals surface area contributed by atoms with Crippen molar-refractivity contribution in [3.63, 3.8) is 0 Å². The Morgan fingerprint density at radius 1 is 1.22 bits per heavy atom. The monoisotopic (exact) mass is 568 g/mol. The number of aromatic amines is 1. The van der Waals surface area contributed by atoms with Crippen molar-refractivity contribution in [2.75, 3.05) is 6.54 Å². The smallest absolute Gasteiger partial charge is 0.304 e. The molecule has 7 rings (SSSR count). The van der Waals surface area contributed by atoms with Crippen molar-refractivity contribution in [1.29, 1.82) is 0 Å². The molecule has 0 radical (unpaired) electrons. The summed E-state index contributed by atoms with van der Waals surface area (Å²) in [7, 11) is 1.80. The lowest BCUT2D eigenvalue weighted by Gasteiger charge is -2.26. The number of aryl methyl sites for hydroxylation is 2. The molecule has 2 N–H and O–H groups in total. The second kappa shape index (κ2) is 10.2. The van der Waals surface area contributed by atoms with E-state index < -0.39 is 5.97 Å². The number of H-pyrrole nitrogens is 1. The molecule has 1 aromatic carbocycles. The molecule has 1 fully saturated rings. The Hall–Kier alpha value is -3.89. The van der Waals surface area contributed by atoms with Crippen LogP contribution in [0, 0.1) is 18.8 Å². The number of rotatable bonds is 7. The highest BCUT2D eigenvalue weighted by atomic mass is 32.1. The second-order valence-corrected chi connectivity index (χ2v) is 12.6. The van der Waals surface area contributed by atoms with Gasteiger partial charge < -0.3 is 10.1 Å². The van der Waals surface area contributed by atoms with Gasteiger partial charge >= 0.3 is 5.97 Å². The molecule has 5 aromatic rings. The number of aromatic nitrogens is 5. The third-order valence-corrected chi connectivity index (χ3v) is 9.86. The summed E-state index contributed by atoms with van der Waals surface area (Å²) in [6.07, 6.45) is 5.30. The van der Waals surface area contributed by atoms with Crippen LogP contribution in [0.5, 0.6) is 0 Å². The number of carbonyl (C=O) groups is 1. The standard InChI is InChI=1S/C31H32N6O3S/c1-17-25(13-32-31-29(17)34-35-36(31)2)24(12-28(39)40)21-10-20-7-8-41-30(20)23(11-21)15-37-14-22(18-3-4-18)9-19-5-6-27(38)33-26(19)16-37/h5-8,10-11,13,18,22,24H,3-4,9,12,14-16H2,1-2H3,(H,33,38)(H,39,40)/t22?,24-/m1/s1. The predicted octanol–water partition coefficient (Wildman–Crippen LogP) is 4.77. The minimum absolute atomic E-state index is 0.0501. The van der Waals surface area contributed by atoms with E-state index in [9.17, 15) is 14.7 Å². The molecular weight excluding hydrogens is 536 g/mol. The average Bonchev–Trinajstić information content (AvgIpc) is 3.60. The lowest BCUT2D eigenvalue weighted by molar-refractivity contribution is -0.137. The molecule has 1 aliphatic heterocycles. The van der Waals surface area contributed by atoms with E-state index in [1.165, 1.54) is 28.7 Å². The number of fused-ring (bicyclic) bond motifs is 3. The zero-order valence-electron chi connectivity index (χ0n) is 23.1. The summed E-state index contributed by atoms with van der Waals surface area (Å²) in [4.78, 5) is 34.5. The summed E-state index contributed by atoms with van der Waals surface area (Å²) in [5.74, 6) is 0.0714. The topological polar surface area (TPSA) is 117 Å². The highest BCUT2D eigenvalue weighted by Crippen LogP contribution is 2.41. The van der Waals surface area contributed by atoms with Crippen molar-refractivity contribution in [1.82, 2.24) is 29.9 Å². The molecule has 4 aromatic heterocycles. The van der Waals surface area contributed by atoms with Crippen LogP contribution in [0.3, 0.4) is 0 Å². The number of nitrogens with one attached hydrogen (secondary N) is 1. The summed E-state index contributed by atoms with van der Waals surface area (Å²) in [6, 6.07) is 10.1. The first-order valence-electron chi connectivity index (χ1n) is 14.1. The van der Waals surface area contributed by atoms with Crippen LogP contribution in [0.25, 0.3) is 21.3 Å². The Bertz CT molecular complexity index is 1850. The number of nitrogens with zero attached hydrogens (tertiary/aromatic N) is 5. The molecule has 9 nitrogen and oxygen atoms in total. The minimum Gasteiger partial charge on any atom is -0.481 e. The summed E-state index contributed by atoms with van der Waals surface area (Å²) < 4.78 is 2.85. The molecule has 1 unspecified atom stereocenters. The maximum atomic E-state index is 12.2. The van der Waals surface area contributed by atoms with E-state index in [2.05, 4.69) is 48.8 Å². The zero-order chi connectivity index (χ0) is 28.2. The van der Waals surface area contributed by atoms with Crippen molar-refractivity contribution < 1.29 is 9.90 Å². The van der Waals surface area contributed by atoms with Crippen molar-refractivity contribution in [2.45, 2.75) is 51.6 Å². The van der Waals surface area contributed by atoms with Gasteiger partial charge in [0.15, 0.2) is 5.65 Å². The number of carboxylic acids is 1. The molecule has 41 heavy (non-hydrogen) atoms. The van der Waals surface area contributed by atoms with Gasteiger partial charge in [-0.15, -0.1) is 16.4 Å². The van der Waals surface area contributed by atoms with E-state index in [0.717, 1.165) is 53.2 Å². The third kappa shape index (κ3) is 4.95. The summed E-state index contributed by atoms with van der Waals surface area (Å²) in [5.41, 5.74) is 7.49. The van der Waals surface area contributed by atoms with Gasteiger partial charge in [-0.05, 0) is 88.7 Å². The fraction of sp³-hybridized carbons (Fsp3) is 0.387. The van der Waals surface area contributed by atoms with Crippen LogP contribution in [0.4, 0.5) is 0 Å². The van der Waals surface area contributed by atoms with Gasteiger partial charge in [-0.2, -0.15) is 0 Å². The number of hydrogen-bond acceptors (Lipinski definition) is 7. The van der Waals surface area contributed by atoms with Crippen LogP contribution in [0.2, 0.25) is 0 Å². The first-order valence-corrected chi connectivity index (χ1v) is 15.0. The molecule has 1 aliphatic carbocycles. The Balaban J connectivity index is 1.29. The van der Waals surface area contributed by atoms with E-state index in [0.29, 0.717) is 23.6 Å². The number of benzene rings is 1. The summed E-state index contributed by atoms with van der Waals surface area (Å²) in [5, 5.41) is 21.6. The Morgan fingerprint density at radius 3 is 2.88 bits per heavy atom. The molecule has 0 spiro atoms. The van der Waals surface area contributed by atoms with Crippen molar-refractivity contribution in [3.8, 4) is 0 Å².